The SMILES string of the molecule is Nc1cc(N(c2ccccc2)c2ccccc2)nc(Nc2ccccc2)n1. The van der Waals surface area contributed by atoms with Gasteiger partial charge in [-0.05, 0) is 36.4 Å². The Balaban J connectivity index is 1.78. The fourth-order valence-corrected chi connectivity index (χ4v) is 2.84. The van der Waals surface area contributed by atoms with Crippen LogP contribution in [0, 0.1) is 0 Å². The summed E-state index contributed by atoms with van der Waals surface area (Å²) in [6, 6.07) is 31.7. The topological polar surface area (TPSA) is 67.1 Å². The van der Waals surface area contributed by atoms with E-state index in [2.05, 4.69) is 10.3 Å². The van der Waals surface area contributed by atoms with E-state index in [9.17, 15) is 0 Å². The molecular formula is C22H19N5. The van der Waals surface area contributed by atoms with Crippen molar-refractivity contribution in [1.82, 2.24) is 9.97 Å². The number of para-hydroxylation sites is 3. The third kappa shape index (κ3) is 3.88. The zero-order valence-corrected chi connectivity index (χ0v) is 14.7. The van der Waals surface area contributed by atoms with Gasteiger partial charge in [-0.3, -0.25) is 4.90 Å². The lowest BCUT2D eigenvalue weighted by atomic mass is 10.2. The van der Waals surface area contributed by atoms with Crippen LogP contribution in [0.5, 0.6) is 0 Å². The van der Waals surface area contributed by atoms with Crippen LogP contribution in [-0.2, 0) is 0 Å². The molecule has 1 heterocycles. The number of anilines is 6. The molecule has 5 nitrogen and oxygen atoms in total. The zero-order chi connectivity index (χ0) is 18.5. The Morgan fingerprint density at radius 2 is 1.19 bits per heavy atom. The van der Waals surface area contributed by atoms with Crippen LogP contribution in [0.15, 0.2) is 97.1 Å². The molecule has 0 unspecified atom stereocenters. The fraction of sp³-hybridized carbons (Fsp3) is 0. The molecule has 4 aromatic rings. The fourth-order valence-electron chi connectivity index (χ4n) is 2.84. The predicted octanol–water partition coefficient (Wildman–Crippen LogP) is 5.27. The summed E-state index contributed by atoms with van der Waals surface area (Å²) in [4.78, 5) is 11.1. The molecule has 132 valence electrons. The molecule has 4 rings (SSSR count). The van der Waals surface area contributed by atoms with Crippen LogP contribution in [0.2, 0.25) is 0 Å². The first-order chi connectivity index (χ1) is 13.3. The minimum atomic E-state index is 0.398. The first-order valence-electron chi connectivity index (χ1n) is 8.66. The number of nitrogens with one attached hydrogen (secondary N) is 1. The van der Waals surface area contributed by atoms with Gasteiger partial charge in [-0.1, -0.05) is 54.6 Å². The van der Waals surface area contributed by atoms with Crippen molar-refractivity contribution in [3.8, 4) is 0 Å². The number of hydrogen-bond donors (Lipinski definition) is 2. The highest BCUT2D eigenvalue weighted by atomic mass is 15.2. The summed E-state index contributed by atoms with van der Waals surface area (Å²) >= 11 is 0. The second-order valence-electron chi connectivity index (χ2n) is 5.97. The summed E-state index contributed by atoms with van der Waals surface area (Å²) in [5.74, 6) is 1.54. The summed E-state index contributed by atoms with van der Waals surface area (Å²) in [6.45, 7) is 0. The van der Waals surface area contributed by atoms with E-state index in [0.717, 1.165) is 17.1 Å². The number of hydrogen-bond acceptors (Lipinski definition) is 5. The highest BCUT2D eigenvalue weighted by Gasteiger charge is 2.15. The number of benzene rings is 3. The summed E-state index contributed by atoms with van der Waals surface area (Å²) in [6.07, 6.45) is 0. The Hall–Kier alpha value is -3.86. The minimum absolute atomic E-state index is 0.398. The molecule has 0 saturated carbocycles. The molecule has 1 aromatic heterocycles. The second-order valence-corrected chi connectivity index (χ2v) is 5.97. The van der Waals surface area contributed by atoms with Crippen molar-refractivity contribution in [3.05, 3.63) is 97.1 Å². The minimum Gasteiger partial charge on any atom is -0.383 e. The molecule has 27 heavy (non-hydrogen) atoms. The summed E-state index contributed by atoms with van der Waals surface area (Å²) < 4.78 is 0. The van der Waals surface area contributed by atoms with E-state index in [-0.39, 0.29) is 0 Å². The van der Waals surface area contributed by atoms with E-state index in [4.69, 9.17) is 10.7 Å². The maximum absolute atomic E-state index is 6.09. The molecule has 0 radical (unpaired) electrons. The number of nitrogens with zero attached hydrogens (tertiary/aromatic N) is 3. The number of nitrogen functional groups attached to an aromatic ring is 1. The predicted molar refractivity (Wildman–Crippen MR) is 111 cm³/mol. The van der Waals surface area contributed by atoms with Gasteiger partial charge in [0.2, 0.25) is 5.95 Å². The highest BCUT2D eigenvalue weighted by molar-refractivity contribution is 5.76. The van der Waals surface area contributed by atoms with Crippen LogP contribution < -0.4 is 16.0 Å². The lowest BCUT2D eigenvalue weighted by molar-refractivity contribution is 1.12. The average Bonchev–Trinajstić information content (AvgIpc) is 2.70. The van der Waals surface area contributed by atoms with Gasteiger partial charge in [0.1, 0.15) is 11.6 Å². The molecule has 3 N–H and O–H groups in total. The van der Waals surface area contributed by atoms with Crippen LogP contribution in [0.3, 0.4) is 0 Å². The largest absolute Gasteiger partial charge is 0.383 e. The van der Waals surface area contributed by atoms with Crippen molar-refractivity contribution in [1.29, 1.82) is 0 Å². The van der Waals surface area contributed by atoms with Crippen molar-refractivity contribution in [2.45, 2.75) is 0 Å². The van der Waals surface area contributed by atoms with E-state index in [1.165, 1.54) is 0 Å². The molecular weight excluding hydrogens is 334 g/mol. The maximum atomic E-state index is 6.09. The van der Waals surface area contributed by atoms with E-state index < -0.39 is 0 Å². The Morgan fingerprint density at radius 1 is 0.667 bits per heavy atom. The molecule has 0 spiro atoms. The van der Waals surface area contributed by atoms with Gasteiger partial charge in [-0.25, -0.2) is 0 Å². The van der Waals surface area contributed by atoms with E-state index in [1.807, 2.05) is 95.9 Å². The molecule has 0 fully saturated rings. The summed E-state index contributed by atoms with van der Waals surface area (Å²) in [7, 11) is 0. The quantitative estimate of drug-likeness (QED) is 0.511. The lowest BCUT2D eigenvalue weighted by Crippen LogP contribution is -2.13. The monoisotopic (exact) mass is 353 g/mol. The normalized spacial score (nSPS) is 10.4. The molecule has 0 aliphatic heterocycles. The third-order valence-corrected chi connectivity index (χ3v) is 4.02. The third-order valence-electron chi connectivity index (χ3n) is 4.02. The molecule has 3 aromatic carbocycles. The van der Waals surface area contributed by atoms with Gasteiger partial charge in [0.15, 0.2) is 0 Å². The number of nitrogens with two attached hydrogens (primary N) is 1. The Morgan fingerprint density at radius 3 is 1.74 bits per heavy atom. The average molecular weight is 353 g/mol. The highest BCUT2D eigenvalue weighted by Crippen LogP contribution is 2.34. The molecule has 0 aliphatic rings. The first-order valence-corrected chi connectivity index (χ1v) is 8.66. The maximum Gasteiger partial charge on any atom is 0.231 e. The van der Waals surface area contributed by atoms with Gasteiger partial charge in [-0.2, -0.15) is 9.97 Å². The van der Waals surface area contributed by atoms with Gasteiger partial charge in [0.05, 0.1) is 0 Å². The first kappa shape index (κ1) is 16.6. The molecule has 0 bridgehead atoms. The zero-order valence-electron chi connectivity index (χ0n) is 14.7. The van der Waals surface area contributed by atoms with Gasteiger partial charge in [0.25, 0.3) is 0 Å². The van der Waals surface area contributed by atoms with Crippen molar-refractivity contribution >= 4 is 34.6 Å². The molecule has 0 atom stereocenters. The Kier molecular flexibility index (Phi) is 4.66. The molecule has 0 saturated heterocycles. The molecule has 0 aliphatic carbocycles. The van der Waals surface area contributed by atoms with Crippen LogP contribution >= 0.6 is 0 Å². The van der Waals surface area contributed by atoms with Crippen LogP contribution in [0.4, 0.5) is 34.6 Å². The lowest BCUT2D eigenvalue weighted by Gasteiger charge is -2.24. The summed E-state index contributed by atoms with van der Waals surface area (Å²) in [5, 5.41) is 3.21. The van der Waals surface area contributed by atoms with Crippen molar-refractivity contribution < 1.29 is 0 Å². The van der Waals surface area contributed by atoms with Crippen LogP contribution in [0.1, 0.15) is 0 Å². The standard InChI is InChI=1S/C22H19N5/c23-20-16-21(26-22(25-20)24-17-10-4-1-5-11-17)27(18-12-6-2-7-13-18)19-14-8-3-9-15-19/h1-16H,(H3,23,24,25,26). The van der Waals surface area contributed by atoms with E-state index >= 15 is 0 Å². The van der Waals surface area contributed by atoms with Crippen LogP contribution in [0.25, 0.3) is 0 Å². The molecule has 0 amide bonds. The number of rotatable bonds is 5. The smallest absolute Gasteiger partial charge is 0.231 e. The van der Waals surface area contributed by atoms with Gasteiger partial charge in [0, 0.05) is 23.1 Å². The van der Waals surface area contributed by atoms with Gasteiger partial charge in [-0.15, -0.1) is 0 Å². The van der Waals surface area contributed by atoms with Gasteiger partial charge >= 0.3 is 0 Å². The van der Waals surface area contributed by atoms with Crippen molar-refractivity contribution in [2.75, 3.05) is 16.0 Å². The second kappa shape index (κ2) is 7.58. The van der Waals surface area contributed by atoms with Crippen LogP contribution in [-0.4, -0.2) is 9.97 Å². The summed E-state index contributed by atoms with van der Waals surface area (Å²) in [5.41, 5.74) is 8.98. The van der Waals surface area contributed by atoms with Crippen molar-refractivity contribution in [2.24, 2.45) is 0 Å². The Bertz CT molecular complexity index is 965. The van der Waals surface area contributed by atoms with Crippen molar-refractivity contribution in [3.63, 3.8) is 0 Å². The Labute approximate surface area is 158 Å². The number of aromatic nitrogens is 2. The van der Waals surface area contributed by atoms with E-state index in [0.29, 0.717) is 17.6 Å². The van der Waals surface area contributed by atoms with E-state index in [1.54, 1.807) is 6.07 Å². The van der Waals surface area contributed by atoms with Gasteiger partial charge < -0.3 is 11.1 Å². The molecule has 5 heteroatoms.